The zero-order chi connectivity index (χ0) is 22.8. The molecule has 1 aromatic rings. The maximum absolute atomic E-state index is 13.3. The highest BCUT2D eigenvalue weighted by Gasteiger charge is 2.60. The van der Waals surface area contributed by atoms with Crippen LogP contribution in [0.25, 0.3) is 5.76 Å². The molecule has 4 rings (SSSR count). The summed E-state index contributed by atoms with van der Waals surface area (Å²) in [5, 5.41) is 45.5. The molecule has 0 heterocycles. The number of ketones is 2. The van der Waals surface area contributed by atoms with E-state index in [1.165, 1.54) is 19.1 Å². The van der Waals surface area contributed by atoms with Crippen molar-refractivity contribution in [1.29, 1.82) is 0 Å². The van der Waals surface area contributed by atoms with E-state index in [1.807, 2.05) is 0 Å². The van der Waals surface area contributed by atoms with E-state index in [-0.39, 0.29) is 42.1 Å². The van der Waals surface area contributed by atoms with Gasteiger partial charge in [0.25, 0.3) is 5.91 Å². The zero-order valence-electron chi connectivity index (χ0n) is 16.4. The van der Waals surface area contributed by atoms with Crippen LogP contribution in [0.4, 0.5) is 5.69 Å². The number of primary amides is 1. The van der Waals surface area contributed by atoms with Crippen LogP contribution in [0.15, 0.2) is 29.0 Å². The number of benzene rings is 1. The Kier molecular flexibility index (Phi) is 4.44. The number of rotatable bonds is 2. The normalized spacial score (nSPS) is 27.4. The van der Waals surface area contributed by atoms with Gasteiger partial charge in [-0.15, -0.1) is 0 Å². The second-order valence-corrected chi connectivity index (χ2v) is 8.07. The molecule has 7 N–H and O–H groups in total. The third-order valence-electron chi connectivity index (χ3n) is 6.26. The Morgan fingerprint density at radius 2 is 1.84 bits per heavy atom. The van der Waals surface area contributed by atoms with Crippen LogP contribution in [0.3, 0.4) is 0 Å². The molecule has 0 radical (unpaired) electrons. The van der Waals surface area contributed by atoms with Crippen molar-refractivity contribution >= 4 is 34.8 Å². The van der Waals surface area contributed by atoms with Gasteiger partial charge in [-0.3, -0.25) is 19.2 Å². The molecule has 3 aliphatic carbocycles. The van der Waals surface area contributed by atoms with Gasteiger partial charge in [-0.25, -0.2) is 0 Å². The molecule has 0 aliphatic heterocycles. The summed E-state index contributed by atoms with van der Waals surface area (Å²) in [5.74, 6) is -7.24. The van der Waals surface area contributed by atoms with Crippen LogP contribution in [0, 0.1) is 11.8 Å². The number of fused-ring (bicyclic) bond motifs is 3. The number of anilines is 1. The van der Waals surface area contributed by atoms with Crippen LogP contribution in [0.5, 0.6) is 5.75 Å². The largest absolute Gasteiger partial charge is 0.508 e. The predicted molar refractivity (Wildman–Crippen MR) is 106 cm³/mol. The number of carbonyl (C=O) groups is 4. The highest BCUT2D eigenvalue weighted by atomic mass is 16.3. The van der Waals surface area contributed by atoms with E-state index in [1.54, 1.807) is 0 Å². The van der Waals surface area contributed by atoms with Gasteiger partial charge in [-0.2, -0.15) is 0 Å². The molecule has 31 heavy (non-hydrogen) atoms. The van der Waals surface area contributed by atoms with Gasteiger partial charge in [-0.05, 0) is 36.5 Å². The van der Waals surface area contributed by atoms with Gasteiger partial charge in [0.1, 0.15) is 22.8 Å². The Labute approximate surface area is 175 Å². The standard InChI is InChI=1S/C21H20N2O8/c1-7(24)23-11-2-3-12(25)15-10(11)5-8-4-9-6-13(26)16(20(22)30)19(29)21(9,31)18(28)14(8)17(15)27/h2-3,8-9,25,27,29,31H,4-6H2,1H3,(H2,22,30)(H,23,24)/t8-,9+,21+/m1/s1. The van der Waals surface area contributed by atoms with Gasteiger partial charge >= 0.3 is 0 Å². The van der Waals surface area contributed by atoms with Gasteiger partial charge in [0.2, 0.25) is 11.7 Å². The van der Waals surface area contributed by atoms with Crippen molar-refractivity contribution in [2.75, 3.05) is 5.32 Å². The van der Waals surface area contributed by atoms with Gasteiger partial charge in [0, 0.05) is 30.5 Å². The lowest BCUT2D eigenvalue weighted by molar-refractivity contribution is -0.147. The van der Waals surface area contributed by atoms with E-state index < -0.39 is 52.0 Å². The van der Waals surface area contributed by atoms with Crippen LogP contribution in [0.1, 0.15) is 30.9 Å². The van der Waals surface area contributed by atoms with E-state index in [9.17, 15) is 39.6 Å². The average Bonchev–Trinajstić information content (AvgIpc) is 2.66. The minimum atomic E-state index is -2.60. The molecule has 3 aliphatic rings. The van der Waals surface area contributed by atoms with Gasteiger partial charge in [-0.1, -0.05) is 0 Å². The number of nitrogens with two attached hydrogens (primary N) is 1. The van der Waals surface area contributed by atoms with E-state index in [0.29, 0.717) is 11.3 Å². The van der Waals surface area contributed by atoms with Crippen LogP contribution in [-0.4, -0.2) is 49.4 Å². The topological polar surface area (TPSA) is 187 Å². The minimum Gasteiger partial charge on any atom is -0.508 e. The molecule has 10 heteroatoms. The van der Waals surface area contributed by atoms with Crippen LogP contribution in [0.2, 0.25) is 0 Å². The highest BCUT2D eigenvalue weighted by Crippen LogP contribution is 2.52. The lowest BCUT2D eigenvalue weighted by Gasteiger charge is -2.46. The van der Waals surface area contributed by atoms with Crippen molar-refractivity contribution in [2.24, 2.45) is 17.6 Å². The van der Waals surface area contributed by atoms with Crippen LogP contribution < -0.4 is 11.1 Å². The fourth-order valence-corrected chi connectivity index (χ4v) is 4.93. The number of aliphatic hydroxyl groups is 3. The monoisotopic (exact) mass is 428 g/mol. The quantitative estimate of drug-likeness (QED) is 0.288. The Morgan fingerprint density at radius 1 is 1.16 bits per heavy atom. The molecule has 10 nitrogen and oxygen atoms in total. The van der Waals surface area contributed by atoms with Crippen molar-refractivity contribution in [1.82, 2.24) is 0 Å². The van der Waals surface area contributed by atoms with Crippen molar-refractivity contribution in [3.8, 4) is 5.75 Å². The van der Waals surface area contributed by atoms with E-state index in [0.717, 1.165) is 0 Å². The number of aliphatic hydroxyl groups excluding tert-OH is 2. The molecule has 0 saturated heterocycles. The van der Waals surface area contributed by atoms with Gasteiger partial charge in [0.05, 0.1) is 5.56 Å². The number of hydrogen-bond donors (Lipinski definition) is 6. The Hall–Kier alpha value is -3.66. The number of phenolic OH excluding ortho intramolecular Hbond substituents is 1. The number of aromatic hydroxyl groups is 1. The number of hydrogen-bond acceptors (Lipinski definition) is 8. The first-order chi connectivity index (χ1) is 14.5. The molecule has 1 aromatic carbocycles. The Bertz CT molecular complexity index is 1150. The van der Waals surface area contributed by atoms with Crippen molar-refractivity contribution < 1.29 is 39.6 Å². The lowest BCUT2D eigenvalue weighted by Crippen LogP contribution is -2.58. The Morgan fingerprint density at radius 3 is 2.45 bits per heavy atom. The average molecular weight is 428 g/mol. The summed E-state index contributed by atoms with van der Waals surface area (Å²) in [7, 11) is 0. The number of phenols is 1. The molecule has 162 valence electrons. The first kappa shape index (κ1) is 20.6. The molecule has 0 unspecified atom stereocenters. The number of nitrogens with one attached hydrogen (secondary N) is 1. The predicted octanol–water partition coefficient (Wildman–Crippen LogP) is 0.382. The molecule has 1 fully saturated rings. The number of Topliss-reactive ketones (excluding diaryl/α,β-unsaturated/α-hetero) is 2. The maximum Gasteiger partial charge on any atom is 0.255 e. The van der Waals surface area contributed by atoms with Crippen molar-refractivity contribution in [2.45, 2.75) is 31.8 Å². The third-order valence-corrected chi connectivity index (χ3v) is 6.26. The van der Waals surface area contributed by atoms with Crippen molar-refractivity contribution in [3.05, 3.63) is 40.2 Å². The van der Waals surface area contributed by atoms with E-state index in [2.05, 4.69) is 5.32 Å². The maximum atomic E-state index is 13.3. The number of amides is 2. The molecule has 2 amide bonds. The van der Waals surface area contributed by atoms with Gasteiger partial charge < -0.3 is 31.5 Å². The number of carbonyl (C=O) groups excluding carboxylic acids is 4. The summed E-state index contributed by atoms with van der Waals surface area (Å²) in [6, 6.07) is 2.71. The summed E-state index contributed by atoms with van der Waals surface area (Å²) >= 11 is 0. The SMILES string of the molecule is CC(=O)Nc1ccc(O)c2c1C[C@H]1C[C@H]3CC(=O)C(C(N)=O)=C(O)[C@@]3(O)C(=O)C1=C2O. The fraction of sp³-hybridized carbons (Fsp3) is 0.333. The summed E-state index contributed by atoms with van der Waals surface area (Å²) < 4.78 is 0. The van der Waals surface area contributed by atoms with E-state index in [4.69, 9.17) is 5.73 Å². The zero-order valence-corrected chi connectivity index (χ0v) is 16.4. The molecule has 3 atom stereocenters. The summed E-state index contributed by atoms with van der Waals surface area (Å²) in [4.78, 5) is 48.8. The second-order valence-electron chi connectivity index (χ2n) is 8.07. The molecule has 0 bridgehead atoms. The molecule has 1 saturated carbocycles. The smallest absolute Gasteiger partial charge is 0.255 e. The fourth-order valence-electron chi connectivity index (χ4n) is 4.93. The third kappa shape index (κ3) is 2.75. The lowest BCUT2D eigenvalue weighted by atomic mass is 9.59. The molecule has 0 spiro atoms. The Balaban J connectivity index is 1.92. The highest BCUT2D eigenvalue weighted by molar-refractivity contribution is 6.22. The molecular weight excluding hydrogens is 408 g/mol. The summed E-state index contributed by atoms with van der Waals surface area (Å²) in [5.41, 5.74) is 2.16. The summed E-state index contributed by atoms with van der Waals surface area (Å²) in [6.07, 6.45) is -0.239. The minimum absolute atomic E-state index is 0.0259. The second kappa shape index (κ2) is 6.67. The first-order valence-electron chi connectivity index (χ1n) is 9.58. The van der Waals surface area contributed by atoms with Gasteiger partial charge in [0.15, 0.2) is 11.4 Å². The van der Waals surface area contributed by atoms with E-state index >= 15 is 0 Å². The first-order valence-corrected chi connectivity index (χ1v) is 9.58. The van der Waals surface area contributed by atoms with Crippen LogP contribution in [-0.2, 0) is 25.6 Å². The molecule has 0 aromatic heterocycles. The van der Waals surface area contributed by atoms with Crippen LogP contribution >= 0.6 is 0 Å². The molecular formula is C21H20N2O8. The summed E-state index contributed by atoms with van der Waals surface area (Å²) in [6.45, 7) is 1.30. The van der Waals surface area contributed by atoms with Crippen molar-refractivity contribution in [3.63, 3.8) is 0 Å².